The lowest BCUT2D eigenvalue weighted by molar-refractivity contribution is -0.129. The highest BCUT2D eigenvalue weighted by molar-refractivity contribution is 7.99. The quantitative estimate of drug-likeness (QED) is 0.598. The standard InChI is InChI=1S/C22H28N2O5S2/c1-17-5-4-6-18(13-17)15-30-16-22(25)23-9-11-24(12-10-23)31(26,27)19-7-8-20(28-2)21(14-19)29-3/h4-8,13-14H,9-12,15-16H2,1-3H3. The average Bonchev–Trinajstić information content (AvgIpc) is 2.78. The number of sulfonamides is 1. The predicted octanol–water partition coefficient (Wildman–Crippen LogP) is 2.78. The molecule has 1 aliphatic rings. The van der Waals surface area contributed by atoms with Crippen LogP contribution in [0, 0.1) is 6.92 Å². The van der Waals surface area contributed by atoms with Gasteiger partial charge >= 0.3 is 0 Å². The summed E-state index contributed by atoms with van der Waals surface area (Å²) >= 11 is 1.58. The van der Waals surface area contributed by atoms with Gasteiger partial charge in [-0.05, 0) is 24.6 Å². The second kappa shape index (κ2) is 10.4. The van der Waals surface area contributed by atoms with E-state index in [1.54, 1.807) is 22.7 Å². The fourth-order valence-electron chi connectivity index (χ4n) is 3.45. The lowest BCUT2D eigenvalue weighted by Gasteiger charge is -2.34. The molecule has 2 aromatic rings. The molecule has 0 spiro atoms. The number of ether oxygens (including phenoxy) is 2. The molecule has 1 heterocycles. The van der Waals surface area contributed by atoms with Crippen molar-refractivity contribution in [2.24, 2.45) is 0 Å². The predicted molar refractivity (Wildman–Crippen MR) is 122 cm³/mol. The molecule has 31 heavy (non-hydrogen) atoms. The van der Waals surface area contributed by atoms with E-state index in [-0.39, 0.29) is 23.9 Å². The van der Waals surface area contributed by atoms with Gasteiger partial charge in [-0.15, -0.1) is 11.8 Å². The Morgan fingerprint density at radius 3 is 2.35 bits per heavy atom. The van der Waals surface area contributed by atoms with Crippen molar-refractivity contribution in [2.45, 2.75) is 17.6 Å². The van der Waals surface area contributed by atoms with Crippen LogP contribution in [0.5, 0.6) is 11.5 Å². The molecule has 1 amide bonds. The van der Waals surface area contributed by atoms with Gasteiger partial charge in [0.25, 0.3) is 0 Å². The molecular weight excluding hydrogens is 436 g/mol. The van der Waals surface area contributed by atoms with Gasteiger partial charge in [0.05, 0.1) is 24.9 Å². The maximum atomic E-state index is 13.0. The molecule has 9 heteroatoms. The lowest BCUT2D eigenvalue weighted by Crippen LogP contribution is -2.50. The Morgan fingerprint density at radius 1 is 1.00 bits per heavy atom. The summed E-state index contributed by atoms with van der Waals surface area (Å²) in [7, 11) is -0.702. The van der Waals surface area contributed by atoms with Crippen molar-refractivity contribution in [2.75, 3.05) is 46.2 Å². The van der Waals surface area contributed by atoms with Gasteiger partial charge in [-0.3, -0.25) is 4.79 Å². The fourth-order valence-corrected chi connectivity index (χ4v) is 5.77. The molecule has 0 unspecified atom stereocenters. The summed E-state index contributed by atoms with van der Waals surface area (Å²) in [5.74, 6) is 2.04. The molecule has 0 saturated carbocycles. The molecule has 0 atom stereocenters. The minimum absolute atomic E-state index is 0.0424. The molecule has 0 aromatic heterocycles. The number of aryl methyl sites for hydroxylation is 1. The molecule has 0 radical (unpaired) electrons. The molecular formula is C22H28N2O5S2. The Bertz CT molecular complexity index is 1020. The van der Waals surface area contributed by atoms with Crippen LogP contribution in [0.15, 0.2) is 47.4 Å². The van der Waals surface area contributed by atoms with Crippen molar-refractivity contribution < 1.29 is 22.7 Å². The van der Waals surface area contributed by atoms with Gasteiger partial charge in [-0.25, -0.2) is 8.42 Å². The number of amides is 1. The molecule has 0 N–H and O–H groups in total. The zero-order valence-corrected chi connectivity index (χ0v) is 19.7. The van der Waals surface area contributed by atoms with Gasteiger partial charge in [0.2, 0.25) is 15.9 Å². The van der Waals surface area contributed by atoms with Gasteiger partial charge in [-0.1, -0.05) is 29.8 Å². The Hall–Kier alpha value is -2.23. The third-order valence-electron chi connectivity index (χ3n) is 5.16. The third-order valence-corrected chi connectivity index (χ3v) is 8.04. The first-order valence-electron chi connectivity index (χ1n) is 9.98. The minimum atomic E-state index is -3.67. The summed E-state index contributed by atoms with van der Waals surface area (Å²) in [6.07, 6.45) is 0. The molecule has 0 aliphatic carbocycles. The molecule has 3 rings (SSSR count). The number of piperazine rings is 1. The van der Waals surface area contributed by atoms with Gasteiger partial charge < -0.3 is 14.4 Å². The number of thioether (sulfide) groups is 1. The number of methoxy groups -OCH3 is 2. The zero-order valence-electron chi connectivity index (χ0n) is 18.0. The van der Waals surface area contributed by atoms with E-state index >= 15 is 0 Å². The van der Waals surface area contributed by atoms with Crippen LogP contribution in [0.2, 0.25) is 0 Å². The first kappa shape index (κ1) is 23.4. The number of carbonyl (C=O) groups excluding carboxylic acids is 1. The average molecular weight is 465 g/mol. The van der Waals surface area contributed by atoms with Crippen LogP contribution in [-0.4, -0.2) is 69.7 Å². The first-order chi connectivity index (χ1) is 14.8. The second-order valence-corrected chi connectivity index (χ2v) is 10.2. The van der Waals surface area contributed by atoms with Gasteiger partial charge in [0.15, 0.2) is 11.5 Å². The topological polar surface area (TPSA) is 76.2 Å². The van der Waals surface area contributed by atoms with Crippen molar-refractivity contribution in [3.8, 4) is 11.5 Å². The number of nitrogens with zero attached hydrogens (tertiary/aromatic N) is 2. The highest BCUT2D eigenvalue weighted by Gasteiger charge is 2.30. The van der Waals surface area contributed by atoms with Crippen LogP contribution in [0.25, 0.3) is 0 Å². The van der Waals surface area contributed by atoms with E-state index in [9.17, 15) is 13.2 Å². The summed E-state index contributed by atoms with van der Waals surface area (Å²) in [6.45, 7) is 3.36. The summed E-state index contributed by atoms with van der Waals surface area (Å²) in [5.41, 5.74) is 2.40. The van der Waals surface area contributed by atoms with Crippen molar-refractivity contribution in [3.63, 3.8) is 0 Å². The van der Waals surface area contributed by atoms with E-state index in [4.69, 9.17) is 9.47 Å². The largest absolute Gasteiger partial charge is 0.493 e. The van der Waals surface area contributed by atoms with Crippen molar-refractivity contribution in [1.82, 2.24) is 9.21 Å². The van der Waals surface area contributed by atoms with Crippen LogP contribution in [-0.2, 0) is 20.6 Å². The van der Waals surface area contributed by atoms with Crippen LogP contribution in [0.3, 0.4) is 0 Å². The Labute approximate surface area is 188 Å². The van der Waals surface area contributed by atoms with Gasteiger partial charge in [0, 0.05) is 38.0 Å². The molecule has 1 aliphatic heterocycles. The normalized spacial score (nSPS) is 15.0. The highest BCUT2D eigenvalue weighted by atomic mass is 32.2. The smallest absolute Gasteiger partial charge is 0.243 e. The first-order valence-corrected chi connectivity index (χ1v) is 12.6. The van der Waals surface area contributed by atoms with Crippen molar-refractivity contribution in [3.05, 3.63) is 53.6 Å². The van der Waals surface area contributed by atoms with Crippen LogP contribution < -0.4 is 9.47 Å². The van der Waals surface area contributed by atoms with Gasteiger partial charge in [-0.2, -0.15) is 4.31 Å². The van der Waals surface area contributed by atoms with E-state index in [1.165, 1.54) is 41.8 Å². The Morgan fingerprint density at radius 2 is 1.71 bits per heavy atom. The minimum Gasteiger partial charge on any atom is -0.493 e. The number of hydrogen-bond donors (Lipinski definition) is 0. The number of hydrogen-bond acceptors (Lipinski definition) is 6. The maximum Gasteiger partial charge on any atom is 0.243 e. The monoisotopic (exact) mass is 464 g/mol. The number of rotatable bonds is 8. The zero-order chi connectivity index (χ0) is 22.4. The SMILES string of the molecule is COc1ccc(S(=O)(=O)N2CCN(C(=O)CSCc3cccc(C)c3)CC2)cc1OC. The van der Waals surface area contributed by atoms with E-state index < -0.39 is 10.0 Å². The fraction of sp³-hybridized carbons (Fsp3) is 0.409. The van der Waals surface area contributed by atoms with Crippen LogP contribution in [0.4, 0.5) is 0 Å². The van der Waals surface area contributed by atoms with Crippen molar-refractivity contribution >= 4 is 27.7 Å². The molecule has 168 valence electrons. The molecule has 7 nitrogen and oxygen atoms in total. The molecule has 1 saturated heterocycles. The summed E-state index contributed by atoms with van der Waals surface area (Å²) in [5, 5.41) is 0. The maximum absolute atomic E-state index is 13.0. The van der Waals surface area contributed by atoms with E-state index in [1.807, 2.05) is 6.07 Å². The summed E-state index contributed by atoms with van der Waals surface area (Å²) in [4.78, 5) is 14.4. The second-order valence-electron chi connectivity index (χ2n) is 7.28. The van der Waals surface area contributed by atoms with Crippen LogP contribution in [0.1, 0.15) is 11.1 Å². The van der Waals surface area contributed by atoms with Crippen molar-refractivity contribution in [1.29, 1.82) is 0 Å². The Kier molecular flexibility index (Phi) is 7.85. The molecule has 0 bridgehead atoms. The van der Waals surface area contributed by atoms with E-state index in [0.29, 0.717) is 30.3 Å². The third kappa shape index (κ3) is 5.72. The number of benzene rings is 2. The summed E-state index contributed by atoms with van der Waals surface area (Å²) in [6, 6.07) is 12.8. The Balaban J connectivity index is 1.54. The summed E-state index contributed by atoms with van der Waals surface area (Å²) < 4.78 is 37.8. The number of carbonyl (C=O) groups is 1. The molecule has 2 aromatic carbocycles. The van der Waals surface area contributed by atoms with E-state index in [0.717, 1.165) is 5.75 Å². The molecule has 1 fully saturated rings. The van der Waals surface area contributed by atoms with E-state index in [2.05, 4.69) is 25.1 Å². The van der Waals surface area contributed by atoms with Gasteiger partial charge in [0.1, 0.15) is 0 Å². The highest BCUT2D eigenvalue weighted by Crippen LogP contribution is 2.31. The lowest BCUT2D eigenvalue weighted by atomic mass is 10.2. The van der Waals surface area contributed by atoms with Crippen LogP contribution >= 0.6 is 11.8 Å².